The number of nitrogens with zero attached hydrogens (tertiary/aromatic N) is 3. The van der Waals surface area contributed by atoms with E-state index in [-0.39, 0.29) is 0 Å². The van der Waals surface area contributed by atoms with Crippen LogP contribution in [0.5, 0.6) is 0 Å². The summed E-state index contributed by atoms with van der Waals surface area (Å²) in [5, 5.41) is 7.60. The fraction of sp³-hybridized carbons (Fsp3) is 0.357. The first kappa shape index (κ1) is 14.0. The molecule has 2 aromatic heterocycles. The van der Waals surface area contributed by atoms with Crippen LogP contribution in [0.3, 0.4) is 0 Å². The third-order valence-corrected chi connectivity index (χ3v) is 2.90. The quantitative estimate of drug-likeness (QED) is 0.643. The topological polar surface area (TPSA) is 69.0 Å². The standard InChI is InChI=1S/C14H18N4O2/c1-10-4-5-12(13(15-10)6-7-20-9-19)16-14-8-11(2)17-18(14)3/h4-5,8-9,16H,6-7H2,1-3H3. The molecule has 2 rings (SSSR count). The molecule has 0 fully saturated rings. The van der Waals surface area contributed by atoms with Gasteiger partial charge in [-0.15, -0.1) is 0 Å². The van der Waals surface area contributed by atoms with Crippen molar-refractivity contribution < 1.29 is 9.53 Å². The van der Waals surface area contributed by atoms with Gasteiger partial charge in [-0.25, -0.2) is 0 Å². The summed E-state index contributed by atoms with van der Waals surface area (Å²) < 4.78 is 6.52. The van der Waals surface area contributed by atoms with E-state index >= 15 is 0 Å². The molecule has 0 aliphatic heterocycles. The van der Waals surface area contributed by atoms with Crippen LogP contribution in [0.25, 0.3) is 0 Å². The van der Waals surface area contributed by atoms with Crippen LogP contribution in [0.2, 0.25) is 0 Å². The summed E-state index contributed by atoms with van der Waals surface area (Å²) in [6, 6.07) is 5.88. The lowest BCUT2D eigenvalue weighted by molar-refractivity contribution is -0.128. The molecule has 2 heterocycles. The molecule has 0 bridgehead atoms. The second-order valence-electron chi connectivity index (χ2n) is 4.58. The van der Waals surface area contributed by atoms with Crippen molar-refractivity contribution in [1.82, 2.24) is 14.8 Å². The minimum Gasteiger partial charge on any atom is -0.467 e. The molecule has 0 amide bonds. The number of anilines is 2. The third-order valence-electron chi connectivity index (χ3n) is 2.90. The molecule has 0 saturated heterocycles. The molecule has 6 nitrogen and oxygen atoms in total. The average Bonchev–Trinajstić information content (AvgIpc) is 2.71. The normalized spacial score (nSPS) is 10.3. The van der Waals surface area contributed by atoms with Gasteiger partial charge in [0.2, 0.25) is 0 Å². The number of aromatic nitrogens is 3. The number of aryl methyl sites for hydroxylation is 3. The molecule has 20 heavy (non-hydrogen) atoms. The smallest absolute Gasteiger partial charge is 0.293 e. The zero-order valence-electron chi connectivity index (χ0n) is 11.9. The molecular formula is C14H18N4O2. The maximum absolute atomic E-state index is 10.2. The number of carbonyl (C=O) groups excluding carboxylic acids is 1. The van der Waals surface area contributed by atoms with Crippen LogP contribution in [0.15, 0.2) is 18.2 Å². The van der Waals surface area contributed by atoms with Crippen molar-refractivity contribution in [1.29, 1.82) is 0 Å². The van der Waals surface area contributed by atoms with E-state index in [2.05, 4.69) is 15.4 Å². The van der Waals surface area contributed by atoms with Crippen LogP contribution in [-0.2, 0) is 23.0 Å². The van der Waals surface area contributed by atoms with E-state index in [1.165, 1.54) is 0 Å². The molecule has 0 unspecified atom stereocenters. The minimum absolute atomic E-state index is 0.319. The van der Waals surface area contributed by atoms with Gasteiger partial charge in [0.15, 0.2) is 0 Å². The van der Waals surface area contributed by atoms with Crippen LogP contribution < -0.4 is 5.32 Å². The van der Waals surface area contributed by atoms with Gasteiger partial charge in [0.05, 0.1) is 23.7 Å². The van der Waals surface area contributed by atoms with Crippen LogP contribution in [0, 0.1) is 13.8 Å². The summed E-state index contributed by atoms with van der Waals surface area (Å²) in [6.45, 7) is 4.64. The molecule has 0 saturated carbocycles. The van der Waals surface area contributed by atoms with Crippen LogP contribution in [0.1, 0.15) is 17.1 Å². The van der Waals surface area contributed by atoms with Gasteiger partial charge >= 0.3 is 0 Å². The van der Waals surface area contributed by atoms with E-state index in [4.69, 9.17) is 4.74 Å². The summed E-state index contributed by atoms with van der Waals surface area (Å²) >= 11 is 0. The molecule has 1 N–H and O–H groups in total. The second-order valence-corrected chi connectivity index (χ2v) is 4.58. The summed E-state index contributed by atoms with van der Waals surface area (Å²) in [7, 11) is 1.88. The lowest BCUT2D eigenvalue weighted by atomic mass is 10.2. The first-order valence-corrected chi connectivity index (χ1v) is 6.39. The number of pyridine rings is 1. The Morgan fingerprint density at radius 3 is 2.80 bits per heavy atom. The molecule has 6 heteroatoms. The third kappa shape index (κ3) is 3.34. The highest BCUT2D eigenvalue weighted by molar-refractivity contribution is 5.59. The van der Waals surface area contributed by atoms with E-state index in [0.29, 0.717) is 19.5 Å². The number of ether oxygens (including phenoxy) is 1. The molecule has 0 aliphatic rings. The highest BCUT2D eigenvalue weighted by atomic mass is 16.5. The first-order chi connectivity index (χ1) is 9.60. The zero-order chi connectivity index (χ0) is 14.5. The Kier molecular flexibility index (Phi) is 4.34. The second kappa shape index (κ2) is 6.18. The van der Waals surface area contributed by atoms with Gasteiger partial charge in [0, 0.05) is 25.2 Å². The van der Waals surface area contributed by atoms with Gasteiger partial charge < -0.3 is 10.1 Å². The molecule has 2 aromatic rings. The summed E-state index contributed by atoms with van der Waals surface area (Å²) in [6.07, 6.45) is 0.569. The largest absolute Gasteiger partial charge is 0.467 e. The van der Waals surface area contributed by atoms with E-state index in [1.807, 2.05) is 39.1 Å². The Morgan fingerprint density at radius 1 is 1.35 bits per heavy atom. The Morgan fingerprint density at radius 2 is 2.15 bits per heavy atom. The predicted molar refractivity (Wildman–Crippen MR) is 75.9 cm³/mol. The molecule has 0 aromatic carbocycles. The van der Waals surface area contributed by atoms with Crippen LogP contribution in [-0.4, -0.2) is 27.8 Å². The van der Waals surface area contributed by atoms with Gasteiger partial charge in [0.1, 0.15) is 5.82 Å². The molecule has 0 radical (unpaired) electrons. The van der Waals surface area contributed by atoms with Gasteiger partial charge in [0.25, 0.3) is 6.47 Å². The van der Waals surface area contributed by atoms with E-state index in [9.17, 15) is 4.79 Å². The number of nitrogens with one attached hydrogen (secondary N) is 1. The Balaban J connectivity index is 2.21. The Hall–Kier alpha value is -2.37. The van der Waals surface area contributed by atoms with Crippen molar-refractivity contribution in [2.24, 2.45) is 7.05 Å². The number of carbonyl (C=O) groups is 1. The van der Waals surface area contributed by atoms with Gasteiger partial charge in [-0.1, -0.05) is 0 Å². The van der Waals surface area contributed by atoms with Crippen molar-refractivity contribution in [3.8, 4) is 0 Å². The van der Waals surface area contributed by atoms with Crippen LogP contribution in [0.4, 0.5) is 11.5 Å². The van der Waals surface area contributed by atoms with E-state index in [1.54, 1.807) is 4.68 Å². The van der Waals surface area contributed by atoms with Gasteiger partial charge in [-0.05, 0) is 26.0 Å². The zero-order valence-corrected chi connectivity index (χ0v) is 11.9. The van der Waals surface area contributed by atoms with Gasteiger partial charge in [-0.3, -0.25) is 14.5 Å². The van der Waals surface area contributed by atoms with Crippen molar-refractivity contribution >= 4 is 18.0 Å². The fourth-order valence-corrected chi connectivity index (χ4v) is 1.98. The van der Waals surface area contributed by atoms with Crippen molar-refractivity contribution in [2.45, 2.75) is 20.3 Å². The molecule has 0 atom stereocenters. The summed E-state index contributed by atoms with van der Waals surface area (Å²) in [5.41, 5.74) is 3.64. The van der Waals surface area contributed by atoms with Crippen molar-refractivity contribution in [3.05, 3.63) is 35.3 Å². The molecular weight excluding hydrogens is 256 g/mol. The van der Waals surface area contributed by atoms with Crippen molar-refractivity contribution in [3.63, 3.8) is 0 Å². The van der Waals surface area contributed by atoms with Crippen LogP contribution >= 0.6 is 0 Å². The molecule has 0 aliphatic carbocycles. The maximum atomic E-state index is 10.2. The number of hydrogen-bond donors (Lipinski definition) is 1. The number of hydrogen-bond acceptors (Lipinski definition) is 5. The fourth-order valence-electron chi connectivity index (χ4n) is 1.98. The lowest BCUT2D eigenvalue weighted by Gasteiger charge is -2.11. The average molecular weight is 274 g/mol. The minimum atomic E-state index is 0.319. The highest BCUT2D eigenvalue weighted by Crippen LogP contribution is 2.21. The Labute approximate surface area is 117 Å². The molecule has 106 valence electrons. The lowest BCUT2D eigenvalue weighted by Crippen LogP contribution is -2.06. The molecule has 0 spiro atoms. The first-order valence-electron chi connectivity index (χ1n) is 6.39. The summed E-state index contributed by atoms with van der Waals surface area (Å²) in [4.78, 5) is 14.7. The monoisotopic (exact) mass is 274 g/mol. The SMILES string of the molecule is Cc1ccc(Nc2cc(C)nn2C)c(CCOC=O)n1. The van der Waals surface area contributed by atoms with E-state index in [0.717, 1.165) is 28.6 Å². The highest BCUT2D eigenvalue weighted by Gasteiger charge is 2.08. The number of rotatable bonds is 6. The maximum Gasteiger partial charge on any atom is 0.293 e. The summed E-state index contributed by atoms with van der Waals surface area (Å²) in [5.74, 6) is 0.894. The predicted octanol–water partition coefficient (Wildman–Crippen LogP) is 1.89. The Bertz CT molecular complexity index is 607. The van der Waals surface area contributed by atoms with Gasteiger partial charge in [-0.2, -0.15) is 5.10 Å². The van der Waals surface area contributed by atoms with E-state index < -0.39 is 0 Å². The van der Waals surface area contributed by atoms with Crippen molar-refractivity contribution in [2.75, 3.05) is 11.9 Å².